The zero-order chi connectivity index (χ0) is 15.0. The summed E-state index contributed by atoms with van der Waals surface area (Å²) in [5, 5.41) is 57.7. The Morgan fingerprint density at radius 1 is 0.900 bits per heavy atom. The second-order valence-electron chi connectivity index (χ2n) is 5.06. The molecule has 0 amide bonds. The fourth-order valence-corrected chi connectivity index (χ4v) is 2.21. The maximum absolute atomic E-state index is 9.77. The summed E-state index contributed by atoms with van der Waals surface area (Å²) < 4.78 is 15.2. The van der Waals surface area contributed by atoms with Crippen LogP contribution in [0.4, 0.5) is 0 Å². The van der Waals surface area contributed by atoms with Crippen molar-refractivity contribution in [2.45, 2.75) is 62.2 Å². The third kappa shape index (κ3) is 2.96. The van der Waals surface area contributed by atoms with Gasteiger partial charge in [0.15, 0.2) is 12.6 Å². The van der Waals surface area contributed by atoms with Gasteiger partial charge < -0.3 is 44.8 Å². The highest BCUT2D eigenvalue weighted by molar-refractivity contribution is 4.90. The largest absolute Gasteiger partial charge is 0.388 e. The van der Waals surface area contributed by atoms with E-state index in [0.717, 1.165) is 0 Å². The van der Waals surface area contributed by atoms with Crippen LogP contribution in [0.1, 0.15) is 6.92 Å². The first-order valence-corrected chi connectivity index (χ1v) is 6.34. The maximum Gasteiger partial charge on any atom is 0.187 e. The second kappa shape index (κ2) is 6.18. The highest BCUT2D eigenvalue weighted by atomic mass is 16.7. The van der Waals surface area contributed by atoms with Crippen molar-refractivity contribution in [1.29, 1.82) is 0 Å². The van der Waals surface area contributed by atoms with Gasteiger partial charge in [-0.05, 0) is 6.92 Å². The Morgan fingerprint density at radius 2 is 1.55 bits per heavy atom. The van der Waals surface area contributed by atoms with Crippen molar-refractivity contribution in [2.75, 3.05) is 6.61 Å². The fraction of sp³-hybridized carbons (Fsp3) is 1.00. The van der Waals surface area contributed by atoms with Gasteiger partial charge in [0.1, 0.15) is 36.6 Å². The summed E-state index contributed by atoms with van der Waals surface area (Å²) in [5.41, 5.74) is 0. The lowest BCUT2D eigenvalue weighted by Crippen LogP contribution is -2.61. The van der Waals surface area contributed by atoms with Gasteiger partial charge in [0, 0.05) is 0 Å². The van der Waals surface area contributed by atoms with Crippen molar-refractivity contribution >= 4 is 0 Å². The number of hydrogen-bond acceptors (Lipinski definition) is 9. The van der Waals surface area contributed by atoms with Gasteiger partial charge in [0.25, 0.3) is 0 Å². The van der Waals surface area contributed by atoms with Crippen molar-refractivity contribution < 1.29 is 44.8 Å². The van der Waals surface area contributed by atoms with Crippen LogP contribution in [0.3, 0.4) is 0 Å². The lowest BCUT2D eigenvalue weighted by atomic mass is 9.99. The molecule has 9 atom stereocenters. The third-order valence-electron chi connectivity index (χ3n) is 3.55. The van der Waals surface area contributed by atoms with E-state index in [1.807, 2.05) is 0 Å². The predicted molar refractivity (Wildman–Crippen MR) is 61.2 cm³/mol. The minimum absolute atomic E-state index is 0.256. The van der Waals surface area contributed by atoms with E-state index in [2.05, 4.69) is 0 Å². The number of aliphatic hydroxyl groups excluding tert-OH is 6. The third-order valence-corrected chi connectivity index (χ3v) is 3.55. The summed E-state index contributed by atoms with van der Waals surface area (Å²) >= 11 is 0. The monoisotopic (exact) mass is 296 g/mol. The summed E-state index contributed by atoms with van der Waals surface area (Å²) in [5.74, 6) is 0. The molecule has 0 radical (unpaired) electrons. The first-order chi connectivity index (χ1) is 9.32. The SMILES string of the molecule is C[C@H]1O[C@@H](O[C@@H]2[C@@H](O)[C@H](O)CO[C@H]2O)[C@H](O)[C@@H](O)[C@H]1O. The van der Waals surface area contributed by atoms with Crippen molar-refractivity contribution in [3.8, 4) is 0 Å². The van der Waals surface area contributed by atoms with Gasteiger partial charge in [-0.1, -0.05) is 0 Å². The average Bonchev–Trinajstić information content (AvgIpc) is 2.42. The fourth-order valence-electron chi connectivity index (χ4n) is 2.21. The molecule has 6 N–H and O–H groups in total. The van der Waals surface area contributed by atoms with E-state index in [0.29, 0.717) is 0 Å². The van der Waals surface area contributed by atoms with Gasteiger partial charge in [0.05, 0.1) is 12.7 Å². The molecule has 20 heavy (non-hydrogen) atoms. The molecule has 2 fully saturated rings. The van der Waals surface area contributed by atoms with Gasteiger partial charge >= 0.3 is 0 Å². The molecule has 9 heteroatoms. The van der Waals surface area contributed by atoms with E-state index in [9.17, 15) is 30.6 Å². The van der Waals surface area contributed by atoms with E-state index in [4.69, 9.17) is 14.2 Å². The molecule has 0 saturated carbocycles. The minimum atomic E-state index is -1.57. The van der Waals surface area contributed by atoms with Crippen LogP contribution in [0.25, 0.3) is 0 Å². The first-order valence-electron chi connectivity index (χ1n) is 6.34. The molecule has 2 aliphatic rings. The van der Waals surface area contributed by atoms with E-state index >= 15 is 0 Å². The van der Waals surface area contributed by atoms with Crippen molar-refractivity contribution in [3.63, 3.8) is 0 Å². The molecular weight excluding hydrogens is 276 g/mol. The first kappa shape index (κ1) is 16.0. The standard InChI is InChI=1S/C11H20O9/c1-3-5(13)7(15)8(16)11(19-3)20-9-6(14)4(12)2-18-10(9)17/h3-17H,2H2,1H3/t3-,4-,5+,6+,7+,8-,9-,10-,11+/m1/s1. The van der Waals surface area contributed by atoms with Crippen molar-refractivity contribution in [2.24, 2.45) is 0 Å². The van der Waals surface area contributed by atoms with E-state index in [1.54, 1.807) is 0 Å². The smallest absolute Gasteiger partial charge is 0.187 e. The molecule has 2 aliphatic heterocycles. The van der Waals surface area contributed by atoms with Gasteiger partial charge in [-0.25, -0.2) is 0 Å². The summed E-state index contributed by atoms with van der Waals surface area (Å²) in [7, 11) is 0. The summed E-state index contributed by atoms with van der Waals surface area (Å²) in [6.07, 6.45) is -12.1. The van der Waals surface area contributed by atoms with Crippen molar-refractivity contribution in [3.05, 3.63) is 0 Å². The Hall–Kier alpha value is -0.360. The van der Waals surface area contributed by atoms with Crippen LogP contribution in [0.15, 0.2) is 0 Å². The number of rotatable bonds is 2. The summed E-state index contributed by atoms with van der Waals surface area (Å²) in [6, 6.07) is 0. The van der Waals surface area contributed by atoms with Crippen LogP contribution in [0.2, 0.25) is 0 Å². The summed E-state index contributed by atoms with van der Waals surface area (Å²) in [4.78, 5) is 0. The molecule has 2 heterocycles. The highest BCUT2D eigenvalue weighted by Gasteiger charge is 2.47. The van der Waals surface area contributed by atoms with Crippen LogP contribution in [-0.2, 0) is 14.2 Å². The molecule has 0 aromatic carbocycles. The molecular formula is C11H20O9. The van der Waals surface area contributed by atoms with Gasteiger partial charge in [0.2, 0.25) is 0 Å². The van der Waals surface area contributed by atoms with Crippen LogP contribution in [0, 0.1) is 0 Å². The molecule has 2 saturated heterocycles. The maximum atomic E-state index is 9.77. The highest BCUT2D eigenvalue weighted by Crippen LogP contribution is 2.26. The van der Waals surface area contributed by atoms with Crippen LogP contribution < -0.4 is 0 Å². The number of ether oxygens (including phenoxy) is 3. The Bertz CT molecular complexity index is 327. The molecule has 2 rings (SSSR count). The van der Waals surface area contributed by atoms with Gasteiger partial charge in [-0.2, -0.15) is 0 Å². The summed E-state index contributed by atoms with van der Waals surface area (Å²) in [6.45, 7) is 1.21. The van der Waals surface area contributed by atoms with Crippen LogP contribution >= 0.6 is 0 Å². The topological polar surface area (TPSA) is 149 Å². The molecule has 0 aliphatic carbocycles. The zero-order valence-corrected chi connectivity index (χ0v) is 10.8. The Morgan fingerprint density at radius 3 is 2.20 bits per heavy atom. The minimum Gasteiger partial charge on any atom is -0.388 e. The van der Waals surface area contributed by atoms with Gasteiger partial charge in [-0.3, -0.25) is 0 Å². The quantitative estimate of drug-likeness (QED) is 0.302. The molecule has 0 aromatic heterocycles. The second-order valence-corrected chi connectivity index (χ2v) is 5.06. The molecule has 0 bridgehead atoms. The molecule has 0 unspecified atom stereocenters. The Labute approximate surface area is 114 Å². The van der Waals surface area contributed by atoms with E-state index < -0.39 is 55.3 Å². The van der Waals surface area contributed by atoms with E-state index in [1.165, 1.54) is 6.92 Å². The van der Waals surface area contributed by atoms with Crippen molar-refractivity contribution in [1.82, 2.24) is 0 Å². The lowest BCUT2D eigenvalue weighted by Gasteiger charge is -2.43. The molecule has 0 spiro atoms. The zero-order valence-electron chi connectivity index (χ0n) is 10.8. The Balaban J connectivity index is 2.04. The predicted octanol–water partition coefficient (Wildman–Crippen LogP) is -3.73. The van der Waals surface area contributed by atoms with Crippen LogP contribution in [-0.4, -0.2) is 92.6 Å². The molecule has 0 aromatic rings. The normalized spacial score (nSPS) is 53.9. The molecule has 118 valence electrons. The lowest BCUT2D eigenvalue weighted by molar-refractivity contribution is -0.348. The Kier molecular flexibility index (Phi) is 4.95. The van der Waals surface area contributed by atoms with Gasteiger partial charge in [-0.15, -0.1) is 0 Å². The van der Waals surface area contributed by atoms with Crippen LogP contribution in [0.5, 0.6) is 0 Å². The molecule has 9 nitrogen and oxygen atoms in total. The number of hydrogen-bond donors (Lipinski definition) is 6. The van der Waals surface area contributed by atoms with E-state index in [-0.39, 0.29) is 6.61 Å². The number of aliphatic hydroxyl groups is 6. The average molecular weight is 296 g/mol.